The summed E-state index contributed by atoms with van der Waals surface area (Å²) in [5.74, 6) is -0.386. The molecule has 1 aliphatic rings. The minimum atomic E-state index is -0.193. The molecule has 1 rings (SSSR count). The quantitative estimate of drug-likeness (QED) is 0.424. The fraction of sp³-hybridized carbons (Fsp3) is 0.545. The molecule has 0 saturated carbocycles. The second kappa shape index (κ2) is 5.21. The van der Waals surface area contributed by atoms with Crippen LogP contribution >= 0.6 is 12.2 Å². The van der Waals surface area contributed by atoms with Gasteiger partial charge in [0.2, 0.25) is 0 Å². The Labute approximate surface area is 100 Å². The van der Waals surface area contributed by atoms with Crippen LogP contribution in [0.5, 0.6) is 0 Å². The van der Waals surface area contributed by atoms with Crippen molar-refractivity contribution >= 4 is 29.1 Å². The lowest BCUT2D eigenvalue weighted by Gasteiger charge is -2.14. The van der Waals surface area contributed by atoms with Gasteiger partial charge in [-0.3, -0.25) is 14.5 Å². The van der Waals surface area contributed by atoms with Crippen molar-refractivity contribution in [3.8, 4) is 0 Å². The summed E-state index contributed by atoms with van der Waals surface area (Å²) in [5, 5.41) is 0.476. The molecule has 0 saturated heterocycles. The Balaban J connectivity index is 2.43. The minimum Gasteiger partial charge on any atom is -0.487 e. The molecule has 0 atom stereocenters. The third-order valence-electron chi connectivity index (χ3n) is 2.53. The summed E-state index contributed by atoms with van der Waals surface area (Å²) in [7, 11) is 0. The standard InChI is InChI=1S/C11H15NO3S/c1-7-8(2)11(14)12(10(7)13)5-4-6-15-9(3)16/h4-6H2,1-3H3. The zero-order chi connectivity index (χ0) is 12.3. The molecule has 0 fully saturated rings. The van der Waals surface area contributed by atoms with Crippen LogP contribution in [-0.2, 0) is 14.3 Å². The second-order valence-corrected chi connectivity index (χ2v) is 4.28. The van der Waals surface area contributed by atoms with Gasteiger partial charge in [0.15, 0.2) is 5.05 Å². The lowest BCUT2D eigenvalue weighted by Crippen LogP contribution is -2.33. The summed E-state index contributed by atoms with van der Waals surface area (Å²) in [6, 6.07) is 0. The molecule has 1 heterocycles. The van der Waals surface area contributed by atoms with E-state index in [0.717, 1.165) is 0 Å². The van der Waals surface area contributed by atoms with Crippen LogP contribution in [0.2, 0.25) is 0 Å². The van der Waals surface area contributed by atoms with Gasteiger partial charge in [-0.25, -0.2) is 0 Å². The maximum atomic E-state index is 11.6. The fourth-order valence-corrected chi connectivity index (χ4v) is 1.54. The average molecular weight is 241 g/mol. The lowest BCUT2D eigenvalue weighted by atomic mass is 10.2. The number of amides is 2. The van der Waals surface area contributed by atoms with E-state index < -0.39 is 0 Å². The van der Waals surface area contributed by atoms with Gasteiger partial charge in [0.1, 0.15) is 0 Å². The van der Waals surface area contributed by atoms with E-state index in [9.17, 15) is 9.59 Å². The van der Waals surface area contributed by atoms with E-state index in [4.69, 9.17) is 17.0 Å². The van der Waals surface area contributed by atoms with E-state index in [1.165, 1.54) is 4.90 Å². The summed E-state index contributed by atoms with van der Waals surface area (Å²) in [6.07, 6.45) is 0.603. The van der Waals surface area contributed by atoms with E-state index >= 15 is 0 Å². The molecule has 0 unspecified atom stereocenters. The van der Waals surface area contributed by atoms with Crippen molar-refractivity contribution in [2.75, 3.05) is 13.2 Å². The number of ether oxygens (including phenoxy) is 1. The van der Waals surface area contributed by atoms with Crippen LogP contribution in [0.1, 0.15) is 27.2 Å². The van der Waals surface area contributed by atoms with Crippen LogP contribution < -0.4 is 0 Å². The third-order valence-corrected chi connectivity index (χ3v) is 2.64. The number of rotatable bonds is 4. The molecule has 1 aliphatic heterocycles. The van der Waals surface area contributed by atoms with Gasteiger partial charge >= 0.3 is 0 Å². The largest absolute Gasteiger partial charge is 0.487 e. The Hall–Kier alpha value is -1.23. The number of imide groups is 1. The molecular weight excluding hydrogens is 226 g/mol. The van der Waals surface area contributed by atoms with Gasteiger partial charge in [0, 0.05) is 24.6 Å². The van der Waals surface area contributed by atoms with E-state index in [2.05, 4.69) is 0 Å². The third kappa shape index (κ3) is 2.66. The molecule has 5 heteroatoms. The van der Waals surface area contributed by atoms with E-state index in [-0.39, 0.29) is 11.8 Å². The molecule has 0 aromatic carbocycles. The number of nitrogens with zero attached hydrogens (tertiary/aromatic N) is 1. The van der Waals surface area contributed by atoms with Gasteiger partial charge in [0.25, 0.3) is 11.8 Å². The molecule has 16 heavy (non-hydrogen) atoms. The van der Waals surface area contributed by atoms with E-state index in [1.807, 2.05) is 0 Å². The number of carbonyl (C=O) groups is 2. The molecule has 2 amide bonds. The Morgan fingerprint density at radius 2 is 1.75 bits per heavy atom. The molecule has 0 bridgehead atoms. The Morgan fingerprint density at radius 1 is 1.25 bits per heavy atom. The van der Waals surface area contributed by atoms with E-state index in [0.29, 0.717) is 35.8 Å². The van der Waals surface area contributed by atoms with Crippen LogP contribution in [0.25, 0.3) is 0 Å². The molecule has 0 aliphatic carbocycles. The van der Waals surface area contributed by atoms with Crippen LogP contribution in [0.4, 0.5) is 0 Å². The highest BCUT2D eigenvalue weighted by molar-refractivity contribution is 7.80. The van der Waals surface area contributed by atoms with Gasteiger partial charge < -0.3 is 4.74 Å². The van der Waals surface area contributed by atoms with Crippen molar-refractivity contribution in [2.45, 2.75) is 27.2 Å². The highest BCUT2D eigenvalue weighted by atomic mass is 32.1. The van der Waals surface area contributed by atoms with Gasteiger partial charge in [-0.1, -0.05) is 0 Å². The van der Waals surface area contributed by atoms with Crippen LogP contribution in [0.3, 0.4) is 0 Å². The maximum Gasteiger partial charge on any atom is 0.256 e. The summed E-state index contributed by atoms with van der Waals surface area (Å²) in [6.45, 7) is 5.86. The summed E-state index contributed by atoms with van der Waals surface area (Å²) < 4.78 is 5.09. The molecule has 88 valence electrons. The highest BCUT2D eigenvalue weighted by Crippen LogP contribution is 2.19. The van der Waals surface area contributed by atoms with Crippen molar-refractivity contribution in [1.29, 1.82) is 0 Å². The Bertz CT molecular complexity index is 349. The summed E-state index contributed by atoms with van der Waals surface area (Å²) in [5.41, 5.74) is 1.08. The molecule has 0 spiro atoms. The molecule has 4 nitrogen and oxygen atoms in total. The number of hydrogen-bond donors (Lipinski definition) is 0. The van der Waals surface area contributed by atoms with Crippen LogP contribution in [0.15, 0.2) is 11.1 Å². The normalized spacial score (nSPS) is 16.1. The van der Waals surface area contributed by atoms with Crippen LogP contribution in [0, 0.1) is 0 Å². The van der Waals surface area contributed by atoms with Crippen molar-refractivity contribution in [2.24, 2.45) is 0 Å². The van der Waals surface area contributed by atoms with Crippen molar-refractivity contribution < 1.29 is 14.3 Å². The Kier molecular flexibility index (Phi) is 4.18. The van der Waals surface area contributed by atoms with Crippen molar-refractivity contribution in [1.82, 2.24) is 4.90 Å². The summed E-state index contributed by atoms with van der Waals surface area (Å²) >= 11 is 4.75. The first kappa shape index (κ1) is 12.8. The van der Waals surface area contributed by atoms with Crippen LogP contribution in [-0.4, -0.2) is 34.9 Å². The fourth-order valence-electron chi connectivity index (χ4n) is 1.46. The zero-order valence-electron chi connectivity index (χ0n) is 9.70. The first-order valence-corrected chi connectivity index (χ1v) is 5.53. The number of hydrogen-bond acceptors (Lipinski definition) is 4. The molecule has 0 aromatic heterocycles. The predicted molar refractivity (Wildman–Crippen MR) is 63.9 cm³/mol. The monoisotopic (exact) mass is 241 g/mol. The van der Waals surface area contributed by atoms with Gasteiger partial charge in [-0.15, -0.1) is 0 Å². The van der Waals surface area contributed by atoms with Gasteiger partial charge in [0.05, 0.1) is 6.61 Å². The molecule has 0 N–H and O–H groups in total. The molecule has 0 radical (unpaired) electrons. The number of carbonyl (C=O) groups excluding carboxylic acids is 2. The predicted octanol–water partition coefficient (Wildman–Crippen LogP) is 1.45. The minimum absolute atomic E-state index is 0.193. The molecule has 0 aromatic rings. The first-order valence-electron chi connectivity index (χ1n) is 5.12. The van der Waals surface area contributed by atoms with E-state index in [1.54, 1.807) is 20.8 Å². The zero-order valence-corrected chi connectivity index (χ0v) is 10.5. The lowest BCUT2D eigenvalue weighted by molar-refractivity contribution is -0.137. The second-order valence-electron chi connectivity index (χ2n) is 3.71. The maximum absolute atomic E-state index is 11.6. The Morgan fingerprint density at radius 3 is 2.19 bits per heavy atom. The van der Waals surface area contributed by atoms with Gasteiger partial charge in [-0.05, 0) is 32.5 Å². The van der Waals surface area contributed by atoms with Crippen molar-refractivity contribution in [3.05, 3.63) is 11.1 Å². The topological polar surface area (TPSA) is 46.6 Å². The average Bonchev–Trinajstić information content (AvgIpc) is 2.40. The summed E-state index contributed by atoms with van der Waals surface area (Å²) in [4.78, 5) is 24.5. The first-order chi connectivity index (χ1) is 7.45. The molecular formula is C11H15NO3S. The SMILES string of the molecule is CC(=S)OCCCN1C(=O)C(C)=C(C)C1=O. The highest BCUT2D eigenvalue weighted by Gasteiger charge is 2.32. The van der Waals surface area contributed by atoms with Gasteiger partial charge in [-0.2, -0.15) is 0 Å². The number of thiocarbonyl (C=S) groups is 1. The van der Waals surface area contributed by atoms with Crippen molar-refractivity contribution in [3.63, 3.8) is 0 Å². The smallest absolute Gasteiger partial charge is 0.256 e.